The van der Waals surface area contributed by atoms with Crippen LogP contribution in [-0.2, 0) is 9.59 Å². The third kappa shape index (κ3) is 8.30. The van der Waals surface area contributed by atoms with E-state index in [1.807, 2.05) is 27.7 Å². The standard InChI is InChI=1S/C26H43N5O4S/c1-18(2)17-20(22(33)23-29-30-25(35-23)36-19(3)4)27-24(34)26(12-7-5-8-13-26)28-21(32)11-16-31-14-9-6-10-15-31/h18-20H,5-17H2,1-4H3,(H,27,34)(H,28,32). The summed E-state index contributed by atoms with van der Waals surface area (Å²) in [6.45, 7) is 10.8. The van der Waals surface area contributed by atoms with Crippen molar-refractivity contribution in [2.24, 2.45) is 5.92 Å². The molecule has 3 rings (SSSR count). The van der Waals surface area contributed by atoms with Crippen molar-refractivity contribution in [3.8, 4) is 0 Å². The normalized spacial score (nSPS) is 19.3. The number of thioether (sulfide) groups is 1. The maximum absolute atomic E-state index is 13.7. The molecule has 1 aromatic rings. The second-order valence-electron chi connectivity index (χ2n) is 10.9. The van der Waals surface area contributed by atoms with Gasteiger partial charge in [0.15, 0.2) is 0 Å². The molecule has 36 heavy (non-hydrogen) atoms. The van der Waals surface area contributed by atoms with Gasteiger partial charge in [-0.1, -0.05) is 65.1 Å². The number of hydrogen-bond donors (Lipinski definition) is 2. The molecule has 1 unspecified atom stereocenters. The quantitative estimate of drug-likeness (QED) is 0.313. The first-order valence-electron chi connectivity index (χ1n) is 13.6. The predicted molar refractivity (Wildman–Crippen MR) is 140 cm³/mol. The van der Waals surface area contributed by atoms with Gasteiger partial charge in [-0.05, 0) is 51.1 Å². The summed E-state index contributed by atoms with van der Waals surface area (Å²) in [5, 5.41) is 14.6. The molecule has 202 valence electrons. The van der Waals surface area contributed by atoms with E-state index in [9.17, 15) is 14.4 Å². The van der Waals surface area contributed by atoms with Gasteiger partial charge in [0.1, 0.15) is 5.54 Å². The molecule has 10 heteroatoms. The van der Waals surface area contributed by atoms with Crippen LogP contribution >= 0.6 is 11.8 Å². The van der Waals surface area contributed by atoms with E-state index in [1.54, 1.807) is 0 Å². The number of rotatable bonds is 12. The van der Waals surface area contributed by atoms with E-state index in [1.165, 1.54) is 31.0 Å². The van der Waals surface area contributed by atoms with Crippen molar-refractivity contribution in [1.82, 2.24) is 25.7 Å². The molecule has 1 saturated carbocycles. The van der Waals surface area contributed by atoms with Crippen LogP contribution in [-0.4, -0.2) is 69.2 Å². The minimum atomic E-state index is -0.986. The number of Topliss-reactive ketones (excluding diaryl/α,β-unsaturated/α-hetero) is 1. The Bertz CT molecular complexity index is 875. The smallest absolute Gasteiger partial charge is 0.286 e. The number of carbonyl (C=O) groups excluding carboxylic acids is 3. The van der Waals surface area contributed by atoms with Crippen molar-refractivity contribution >= 4 is 29.4 Å². The fourth-order valence-corrected chi connectivity index (χ4v) is 5.66. The van der Waals surface area contributed by atoms with Crippen LogP contribution in [0.4, 0.5) is 0 Å². The summed E-state index contributed by atoms with van der Waals surface area (Å²) in [5.74, 6) is -0.705. The zero-order valence-electron chi connectivity index (χ0n) is 22.3. The van der Waals surface area contributed by atoms with Crippen LogP contribution in [0.1, 0.15) is 103 Å². The second-order valence-corrected chi connectivity index (χ2v) is 12.4. The van der Waals surface area contributed by atoms with Crippen molar-refractivity contribution in [2.45, 2.75) is 114 Å². The molecule has 2 amide bonds. The number of aromatic nitrogens is 2. The lowest BCUT2D eigenvalue weighted by Crippen LogP contribution is -2.62. The Morgan fingerprint density at radius 1 is 1.00 bits per heavy atom. The number of nitrogens with zero attached hydrogens (tertiary/aromatic N) is 3. The molecule has 0 spiro atoms. The lowest BCUT2D eigenvalue weighted by Gasteiger charge is -2.38. The van der Waals surface area contributed by atoms with E-state index in [0.717, 1.165) is 32.4 Å². The summed E-state index contributed by atoms with van der Waals surface area (Å²) in [6.07, 6.45) is 8.34. The lowest BCUT2D eigenvalue weighted by molar-refractivity contribution is -0.135. The molecule has 1 aliphatic carbocycles. The van der Waals surface area contributed by atoms with Gasteiger partial charge in [-0.2, -0.15) is 0 Å². The Balaban J connectivity index is 1.68. The van der Waals surface area contributed by atoms with Gasteiger partial charge in [-0.25, -0.2) is 0 Å². The highest BCUT2D eigenvalue weighted by Gasteiger charge is 2.42. The van der Waals surface area contributed by atoms with Crippen LogP contribution in [0, 0.1) is 5.92 Å². The third-order valence-electron chi connectivity index (χ3n) is 6.91. The van der Waals surface area contributed by atoms with Gasteiger partial charge in [0.25, 0.3) is 11.1 Å². The van der Waals surface area contributed by atoms with Gasteiger partial charge in [-0.15, -0.1) is 10.2 Å². The van der Waals surface area contributed by atoms with E-state index in [0.29, 0.717) is 37.5 Å². The fourth-order valence-electron chi connectivity index (χ4n) is 5.04. The summed E-state index contributed by atoms with van der Waals surface area (Å²) in [5.41, 5.74) is -0.986. The summed E-state index contributed by atoms with van der Waals surface area (Å²) in [4.78, 5) is 42.2. The molecule has 1 atom stereocenters. The van der Waals surface area contributed by atoms with Crippen molar-refractivity contribution in [3.05, 3.63) is 5.89 Å². The fraction of sp³-hybridized carbons (Fsp3) is 0.808. The molecule has 2 heterocycles. The second kappa shape index (κ2) is 13.6. The summed E-state index contributed by atoms with van der Waals surface area (Å²) in [6, 6.07) is -0.793. The van der Waals surface area contributed by atoms with E-state index in [4.69, 9.17) is 4.42 Å². The molecule has 0 aromatic carbocycles. The topological polar surface area (TPSA) is 117 Å². The van der Waals surface area contributed by atoms with Crippen LogP contribution in [0.15, 0.2) is 9.64 Å². The Labute approximate surface area is 219 Å². The van der Waals surface area contributed by atoms with E-state index < -0.39 is 11.6 Å². The summed E-state index contributed by atoms with van der Waals surface area (Å²) < 4.78 is 5.59. The van der Waals surface area contributed by atoms with Crippen LogP contribution in [0.5, 0.6) is 0 Å². The number of piperidine rings is 1. The summed E-state index contributed by atoms with van der Waals surface area (Å²) in [7, 11) is 0. The van der Waals surface area contributed by atoms with Gasteiger partial charge in [-0.3, -0.25) is 14.4 Å². The van der Waals surface area contributed by atoms with Gasteiger partial charge in [0.05, 0.1) is 6.04 Å². The van der Waals surface area contributed by atoms with E-state index in [2.05, 4.69) is 25.7 Å². The first-order chi connectivity index (χ1) is 17.2. The zero-order chi connectivity index (χ0) is 26.1. The highest BCUT2D eigenvalue weighted by Crippen LogP contribution is 2.29. The number of ketones is 1. The Kier molecular flexibility index (Phi) is 10.8. The van der Waals surface area contributed by atoms with E-state index in [-0.39, 0.29) is 34.7 Å². The minimum Gasteiger partial charge on any atom is -0.408 e. The molecule has 9 nitrogen and oxygen atoms in total. The molecule has 0 radical (unpaired) electrons. The number of nitrogens with one attached hydrogen (secondary N) is 2. The predicted octanol–water partition coefficient (Wildman–Crippen LogP) is 3.98. The third-order valence-corrected chi connectivity index (χ3v) is 7.74. The largest absolute Gasteiger partial charge is 0.408 e. The molecular formula is C26H43N5O4S. The van der Waals surface area contributed by atoms with E-state index >= 15 is 0 Å². The maximum atomic E-state index is 13.7. The zero-order valence-corrected chi connectivity index (χ0v) is 23.1. The van der Waals surface area contributed by atoms with Crippen molar-refractivity contribution < 1.29 is 18.8 Å². The molecule has 1 aliphatic heterocycles. The molecule has 2 fully saturated rings. The molecule has 1 saturated heterocycles. The van der Waals surface area contributed by atoms with Crippen LogP contribution in [0.25, 0.3) is 0 Å². The molecule has 2 N–H and O–H groups in total. The van der Waals surface area contributed by atoms with Crippen LogP contribution in [0.3, 0.4) is 0 Å². The maximum Gasteiger partial charge on any atom is 0.286 e. The average molecular weight is 522 g/mol. The Morgan fingerprint density at radius 3 is 2.31 bits per heavy atom. The SMILES string of the molecule is CC(C)CC(NC(=O)C1(NC(=O)CCN2CCCCC2)CCCCC1)C(=O)c1nnc(SC(C)C)o1. The Morgan fingerprint density at radius 2 is 1.67 bits per heavy atom. The van der Waals surface area contributed by atoms with Gasteiger partial charge >= 0.3 is 0 Å². The van der Waals surface area contributed by atoms with Crippen LogP contribution < -0.4 is 10.6 Å². The van der Waals surface area contributed by atoms with Gasteiger partial charge < -0.3 is 20.0 Å². The minimum absolute atomic E-state index is 0.0904. The first kappa shape index (κ1) is 28.6. The molecule has 1 aromatic heterocycles. The molecule has 2 aliphatic rings. The van der Waals surface area contributed by atoms with Gasteiger partial charge in [0, 0.05) is 18.2 Å². The summed E-state index contributed by atoms with van der Waals surface area (Å²) >= 11 is 1.39. The lowest BCUT2D eigenvalue weighted by atomic mass is 9.80. The molecular weight excluding hydrogens is 478 g/mol. The number of amides is 2. The number of carbonyl (C=O) groups is 3. The first-order valence-corrected chi connectivity index (χ1v) is 14.4. The number of hydrogen-bond acceptors (Lipinski definition) is 8. The average Bonchev–Trinajstić information content (AvgIpc) is 3.30. The number of likely N-dealkylation sites (tertiary alicyclic amines) is 1. The monoisotopic (exact) mass is 521 g/mol. The molecule has 0 bridgehead atoms. The van der Waals surface area contributed by atoms with Crippen molar-refractivity contribution in [1.29, 1.82) is 0 Å². The van der Waals surface area contributed by atoms with Crippen LogP contribution in [0.2, 0.25) is 0 Å². The Hall–Kier alpha value is -1.94. The van der Waals surface area contributed by atoms with Crippen molar-refractivity contribution in [2.75, 3.05) is 19.6 Å². The highest BCUT2D eigenvalue weighted by molar-refractivity contribution is 7.99. The highest BCUT2D eigenvalue weighted by atomic mass is 32.2. The van der Waals surface area contributed by atoms with Gasteiger partial charge in [0.2, 0.25) is 17.6 Å². The van der Waals surface area contributed by atoms with Crippen molar-refractivity contribution in [3.63, 3.8) is 0 Å².